The maximum atomic E-state index is 9.72. The Labute approximate surface area is 121 Å². The van der Waals surface area contributed by atoms with E-state index in [9.17, 15) is 5.11 Å². The monoisotopic (exact) mass is 295 g/mol. The Morgan fingerprint density at radius 2 is 1.95 bits per heavy atom. The number of hydrogen-bond acceptors (Lipinski definition) is 3. The van der Waals surface area contributed by atoms with Gasteiger partial charge in [0.1, 0.15) is 11.5 Å². The molecule has 0 spiro atoms. The summed E-state index contributed by atoms with van der Waals surface area (Å²) in [6, 6.07) is 9.92. The van der Waals surface area contributed by atoms with Crippen molar-refractivity contribution in [2.24, 2.45) is 4.99 Å². The zero-order valence-electron chi connectivity index (χ0n) is 10.1. The van der Waals surface area contributed by atoms with Crippen molar-refractivity contribution in [2.45, 2.75) is 0 Å². The van der Waals surface area contributed by atoms with E-state index in [4.69, 9.17) is 27.9 Å². The van der Waals surface area contributed by atoms with Crippen molar-refractivity contribution in [2.75, 3.05) is 7.11 Å². The summed E-state index contributed by atoms with van der Waals surface area (Å²) in [5.74, 6) is 0.760. The Bertz CT molecular complexity index is 627. The number of methoxy groups -OCH3 is 1. The number of hydrogen-bond donors (Lipinski definition) is 1. The zero-order chi connectivity index (χ0) is 13.8. The van der Waals surface area contributed by atoms with Crippen LogP contribution in [0.15, 0.2) is 41.4 Å². The first-order valence-corrected chi connectivity index (χ1v) is 6.22. The molecular formula is C14H11Cl2NO2. The number of aromatic hydroxyl groups is 1. The molecule has 0 aliphatic carbocycles. The van der Waals surface area contributed by atoms with Gasteiger partial charge >= 0.3 is 0 Å². The van der Waals surface area contributed by atoms with E-state index in [2.05, 4.69) is 4.99 Å². The predicted octanol–water partition coefficient (Wildman–Crippen LogP) is 4.46. The van der Waals surface area contributed by atoms with Gasteiger partial charge in [-0.15, -0.1) is 0 Å². The van der Waals surface area contributed by atoms with Crippen molar-refractivity contribution in [3.63, 3.8) is 0 Å². The first-order chi connectivity index (χ1) is 9.10. The van der Waals surface area contributed by atoms with E-state index in [-0.39, 0.29) is 5.75 Å². The zero-order valence-corrected chi connectivity index (χ0v) is 11.6. The van der Waals surface area contributed by atoms with Crippen LogP contribution >= 0.6 is 23.2 Å². The molecule has 0 saturated heterocycles. The van der Waals surface area contributed by atoms with Crippen LogP contribution in [-0.2, 0) is 0 Å². The number of benzene rings is 2. The summed E-state index contributed by atoms with van der Waals surface area (Å²) in [6.07, 6.45) is 1.52. The number of rotatable bonds is 3. The Balaban J connectivity index is 2.32. The quantitative estimate of drug-likeness (QED) is 0.850. The minimum atomic E-state index is 0.120. The van der Waals surface area contributed by atoms with Crippen molar-refractivity contribution >= 4 is 35.1 Å². The van der Waals surface area contributed by atoms with Crippen LogP contribution in [0.3, 0.4) is 0 Å². The highest BCUT2D eigenvalue weighted by molar-refractivity contribution is 6.36. The van der Waals surface area contributed by atoms with Crippen LogP contribution in [0.5, 0.6) is 11.5 Å². The van der Waals surface area contributed by atoms with Gasteiger partial charge in [-0.25, -0.2) is 0 Å². The molecule has 3 nitrogen and oxygen atoms in total. The van der Waals surface area contributed by atoms with Crippen molar-refractivity contribution in [1.82, 2.24) is 0 Å². The van der Waals surface area contributed by atoms with Gasteiger partial charge in [0.05, 0.1) is 17.8 Å². The molecule has 0 aromatic heterocycles. The summed E-state index contributed by atoms with van der Waals surface area (Å²) >= 11 is 11.8. The minimum Gasteiger partial charge on any atom is -0.507 e. The van der Waals surface area contributed by atoms with E-state index in [0.717, 1.165) is 0 Å². The topological polar surface area (TPSA) is 41.8 Å². The molecule has 98 valence electrons. The third kappa shape index (κ3) is 3.40. The highest BCUT2D eigenvalue weighted by atomic mass is 35.5. The van der Waals surface area contributed by atoms with Crippen LogP contribution in [-0.4, -0.2) is 18.4 Å². The lowest BCUT2D eigenvalue weighted by Crippen LogP contribution is -1.87. The molecule has 0 saturated carbocycles. The molecule has 0 aliphatic rings. The van der Waals surface area contributed by atoms with E-state index >= 15 is 0 Å². The molecule has 0 amide bonds. The summed E-state index contributed by atoms with van der Waals surface area (Å²) in [5, 5.41) is 10.7. The minimum absolute atomic E-state index is 0.120. The molecule has 5 heteroatoms. The molecule has 0 atom stereocenters. The van der Waals surface area contributed by atoms with E-state index < -0.39 is 0 Å². The predicted molar refractivity (Wildman–Crippen MR) is 78.4 cm³/mol. The number of nitrogens with zero attached hydrogens (tertiary/aromatic N) is 1. The fourth-order valence-electron chi connectivity index (χ4n) is 1.49. The molecule has 2 aromatic rings. The highest BCUT2D eigenvalue weighted by Gasteiger charge is 2.02. The van der Waals surface area contributed by atoms with Crippen LogP contribution in [0, 0.1) is 0 Å². The first kappa shape index (κ1) is 13.7. The average Bonchev–Trinajstić information content (AvgIpc) is 2.39. The van der Waals surface area contributed by atoms with E-state index in [1.807, 2.05) is 0 Å². The van der Waals surface area contributed by atoms with Crippen molar-refractivity contribution < 1.29 is 9.84 Å². The van der Waals surface area contributed by atoms with Crippen molar-refractivity contribution in [1.29, 1.82) is 0 Å². The SMILES string of the molecule is COc1ccc(O)c(C=Nc2ccc(Cl)cc2Cl)c1. The lowest BCUT2D eigenvalue weighted by Gasteiger charge is -2.03. The number of phenols is 1. The molecule has 19 heavy (non-hydrogen) atoms. The van der Waals surface area contributed by atoms with E-state index in [1.54, 1.807) is 43.5 Å². The fourth-order valence-corrected chi connectivity index (χ4v) is 1.95. The number of phenolic OH excluding ortho intramolecular Hbond substituents is 1. The Morgan fingerprint density at radius 1 is 1.16 bits per heavy atom. The molecule has 2 rings (SSSR count). The van der Waals surface area contributed by atoms with Crippen LogP contribution in [0.2, 0.25) is 10.0 Å². The molecular weight excluding hydrogens is 285 g/mol. The number of ether oxygens (including phenoxy) is 1. The smallest absolute Gasteiger partial charge is 0.124 e. The van der Waals surface area contributed by atoms with Gasteiger partial charge in [-0.05, 0) is 36.4 Å². The van der Waals surface area contributed by atoms with Crippen LogP contribution in [0.1, 0.15) is 5.56 Å². The maximum absolute atomic E-state index is 9.72. The second kappa shape index (κ2) is 5.95. The van der Waals surface area contributed by atoms with E-state index in [1.165, 1.54) is 6.21 Å². The second-order valence-corrected chi connectivity index (χ2v) is 4.62. The van der Waals surface area contributed by atoms with Crippen LogP contribution in [0.4, 0.5) is 5.69 Å². The Morgan fingerprint density at radius 3 is 2.63 bits per heavy atom. The summed E-state index contributed by atoms with van der Waals surface area (Å²) in [7, 11) is 1.56. The Hall–Kier alpha value is -1.71. The number of aliphatic imine (C=N–C) groups is 1. The summed E-state index contributed by atoms with van der Waals surface area (Å²) in [4.78, 5) is 4.22. The van der Waals surface area contributed by atoms with Gasteiger partial charge in [-0.3, -0.25) is 4.99 Å². The highest BCUT2D eigenvalue weighted by Crippen LogP contribution is 2.28. The summed E-state index contributed by atoms with van der Waals surface area (Å²) in [6.45, 7) is 0. The third-order valence-corrected chi connectivity index (χ3v) is 3.02. The Kier molecular flexibility index (Phi) is 4.30. The average molecular weight is 296 g/mol. The summed E-state index contributed by atoms with van der Waals surface area (Å²) < 4.78 is 5.09. The number of halogens is 2. The largest absolute Gasteiger partial charge is 0.507 e. The van der Waals surface area contributed by atoms with Gasteiger partial charge in [-0.1, -0.05) is 23.2 Å². The van der Waals surface area contributed by atoms with Crippen molar-refractivity contribution in [3.05, 3.63) is 52.0 Å². The normalized spacial score (nSPS) is 10.9. The molecule has 0 aliphatic heterocycles. The van der Waals surface area contributed by atoms with Gasteiger partial charge in [0, 0.05) is 16.8 Å². The fraction of sp³-hybridized carbons (Fsp3) is 0.0714. The molecule has 2 aromatic carbocycles. The van der Waals surface area contributed by atoms with Crippen LogP contribution in [0.25, 0.3) is 0 Å². The maximum Gasteiger partial charge on any atom is 0.124 e. The lowest BCUT2D eigenvalue weighted by atomic mass is 10.2. The van der Waals surface area contributed by atoms with Gasteiger partial charge < -0.3 is 9.84 Å². The molecule has 1 N–H and O–H groups in total. The van der Waals surface area contributed by atoms with Crippen LogP contribution < -0.4 is 4.74 Å². The molecule has 0 bridgehead atoms. The molecule has 0 unspecified atom stereocenters. The summed E-state index contributed by atoms with van der Waals surface area (Å²) in [5.41, 5.74) is 1.12. The van der Waals surface area contributed by atoms with Gasteiger partial charge in [0.2, 0.25) is 0 Å². The first-order valence-electron chi connectivity index (χ1n) is 5.46. The van der Waals surface area contributed by atoms with Gasteiger partial charge in [0.15, 0.2) is 0 Å². The van der Waals surface area contributed by atoms with Gasteiger partial charge in [-0.2, -0.15) is 0 Å². The van der Waals surface area contributed by atoms with E-state index in [0.29, 0.717) is 27.0 Å². The van der Waals surface area contributed by atoms with Gasteiger partial charge in [0.25, 0.3) is 0 Å². The standard InChI is InChI=1S/C14H11Cl2NO2/c1-19-11-3-5-14(18)9(6-11)8-17-13-4-2-10(15)7-12(13)16/h2-8,18H,1H3. The second-order valence-electron chi connectivity index (χ2n) is 3.78. The lowest BCUT2D eigenvalue weighted by molar-refractivity contribution is 0.412. The van der Waals surface area contributed by atoms with Crippen molar-refractivity contribution in [3.8, 4) is 11.5 Å². The molecule has 0 radical (unpaired) electrons. The third-order valence-electron chi connectivity index (χ3n) is 2.49. The molecule has 0 heterocycles. The molecule has 0 fully saturated rings.